The van der Waals surface area contributed by atoms with E-state index in [1.165, 1.54) is 4.90 Å². The summed E-state index contributed by atoms with van der Waals surface area (Å²) in [5, 5.41) is 0. The fourth-order valence-corrected chi connectivity index (χ4v) is 6.20. The second-order valence-electron chi connectivity index (χ2n) is 9.00. The number of imide groups is 1. The average Bonchev–Trinajstić information content (AvgIpc) is 3.14. The number of aldehydes is 1. The maximum Gasteiger partial charge on any atom is 0.239 e. The van der Waals surface area contributed by atoms with E-state index in [-0.39, 0.29) is 17.7 Å². The van der Waals surface area contributed by atoms with Gasteiger partial charge < -0.3 is 9.53 Å². The molecule has 3 aromatic rings. The minimum Gasteiger partial charge on any atom is -0.494 e. The van der Waals surface area contributed by atoms with Gasteiger partial charge in [0.15, 0.2) is 0 Å². The van der Waals surface area contributed by atoms with Crippen LogP contribution in [0.3, 0.4) is 0 Å². The highest BCUT2D eigenvalue weighted by atomic mass is 16.5. The maximum atomic E-state index is 13.9. The summed E-state index contributed by atoms with van der Waals surface area (Å²) in [4.78, 5) is 42.0. The van der Waals surface area contributed by atoms with Crippen LogP contribution < -0.4 is 9.64 Å². The summed E-state index contributed by atoms with van der Waals surface area (Å²) in [7, 11) is 0. The predicted octanol–water partition coefficient (Wildman–Crippen LogP) is 4.23. The molecule has 2 bridgehead atoms. The molecule has 5 heteroatoms. The molecule has 4 aliphatic rings. The van der Waals surface area contributed by atoms with Crippen molar-refractivity contribution in [2.24, 2.45) is 11.8 Å². The van der Waals surface area contributed by atoms with Crippen molar-refractivity contribution in [3.8, 4) is 5.75 Å². The topological polar surface area (TPSA) is 63.7 Å². The Kier molecular flexibility index (Phi) is 4.31. The summed E-state index contributed by atoms with van der Waals surface area (Å²) in [5.41, 5.74) is 2.97. The van der Waals surface area contributed by atoms with Gasteiger partial charge in [0.25, 0.3) is 0 Å². The first-order valence-electron chi connectivity index (χ1n) is 11.4. The summed E-state index contributed by atoms with van der Waals surface area (Å²) < 4.78 is 5.65. The number of carbonyl (C=O) groups excluding carboxylic acids is 3. The van der Waals surface area contributed by atoms with Crippen LogP contribution in [0.4, 0.5) is 5.69 Å². The van der Waals surface area contributed by atoms with Gasteiger partial charge in [-0.15, -0.1) is 0 Å². The van der Waals surface area contributed by atoms with E-state index in [0.717, 1.165) is 35.0 Å². The molecule has 1 aliphatic heterocycles. The molecule has 2 atom stereocenters. The molecule has 1 unspecified atom stereocenters. The van der Waals surface area contributed by atoms with Crippen molar-refractivity contribution in [2.75, 3.05) is 11.5 Å². The van der Waals surface area contributed by atoms with E-state index in [9.17, 15) is 14.4 Å². The second-order valence-corrected chi connectivity index (χ2v) is 9.00. The Morgan fingerprint density at radius 2 is 1.48 bits per heavy atom. The lowest BCUT2D eigenvalue weighted by molar-refractivity contribution is -0.128. The Balaban J connectivity index is 1.51. The van der Waals surface area contributed by atoms with Crippen LogP contribution in [0.15, 0.2) is 72.8 Å². The zero-order valence-corrected chi connectivity index (χ0v) is 18.2. The quantitative estimate of drug-likeness (QED) is 0.443. The number of nitrogens with zero attached hydrogens (tertiary/aromatic N) is 1. The first kappa shape index (κ1) is 19.9. The first-order valence-corrected chi connectivity index (χ1v) is 11.4. The monoisotopic (exact) mass is 437 g/mol. The van der Waals surface area contributed by atoms with Crippen LogP contribution in [0.5, 0.6) is 5.75 Å². The van der Waals surface area contributed by atoms with Crippen LogP contribution >= 0.6 is 0 Å². The van der Waals surface area contributed by atoms with Gasteiger partial charge in [-0.1, -0.05) is 55.5 Å². The number of anilines is 1. The zero-order chi connectivity index (χ0) is 22.7. The van der Waals surface area contributed by atoms with Gasteiger partial charge in [0.05, 0.1) is 29.5 Å². The third kappa shape index (κ3) is 2.45. The lowest BCUT2D eigenvalue weighted by Crippen LogP contribution is -2.54. The zero-order valence-electron chi connectivity index (χ0n) is 18.2. The fourth-order valence-electron chi connectivity index (χ4n) is 6.20. The van der Waals surface area contributed by atoms with Crippen molar-refractivity contribution in [1.82, 2.24) is 0 Å². The molecule has 0 N–H and O–H groups in total. The Morgan fingerprint density at radius 1 is 0.879 bits per heavy atom. The Labute approximate surface area is 192 Å². The van der Waals surface area contributed by atoms with Crippen LogP contribution in [-0.2, 0) is 19.8 Å². The number of benzene rings is 3. The SMILES string of the molecule is CCCOc1ccc(N2C(=O)C3[C@H](C2=O)C2c4ccccc4C3(C=O)c3ccccc32)cc1. The average molecular weight is 437 g/mol. The number of ether oxygens (including phenoxy) is 1. The molecular weight excluding hydrogens is 414 g/mol. The smallest absolute Gasteiger partial charge is 0.239 e. The van der Waals surface area contributed by atoms with E-state index in [0.29, 0.717) is 18.0 Å². The summed E-state index contributed by atoms with van der Waals surface area (Å²) >= 11 is 0. The fraction of sp³-hybridized carbons (Fsp3) is 0.250. The molecule has 3 aliphatic carbocycles. The molecule has 1 heterocycles. The van der Waals surface area contributed by atoms with Crippen molar-refractivity contribution >= 4 is 23.8 Å². The van der Waals surface area contributed by atoms with Gasteiger partial charge >= 0.3 is 0 Å². The predicted molar refractivity (Wildman–Crippen MR) is 123 cm³/mol. The third-order valence-corrected chi connectivity index (χ3v) is 7.44. The molecule has 33 heavy (non-hydrogen) atoms. The summed E-state index contributed by atoms with van der Waals surface area (Å²) in [6, 6.07) is 22.6. The Hall–Kier alpha value is -3.73. The van der Waals surface area contributed by atoms with Crippen molar-refractivity contribution < 1.29 is 19.1 Å². The summed E-state index contributed by atoms with van der Waals surface area (Å²) in [5.74, 6) is -1.48. The molecule has 5 nitrogen and oxygen atoms in total. The van der Waals surface area contributed by atoms with E-state index in [1.807, 2.05) is 55.5 Å². The van der Waals surface area contributed by atoms with E-state index in [4.69, 9.17) is 4.74 Å². The highest BCUT2D eigenvalue weighted by Crippen LogP contribution is 2.63. The number of hydrogen-bond donors (Lipinski definition) is 0. The van der Waals surface area contributed by atoms with Gasteiger partial charge in [-0.3, -0.25) is 9.59 Å². The van der Waals surface area contributed by atoms with Crippen LogP contribution in [0.25, 0.3) is 0 Å². The molecular formula is C28H23NO4. The lowest BCUT2D eigenvalue weighted by atomic mass is 9.48. The molecule has 0 radical (unpaired) electrons. The number of amides is 2. The molecule has 1 fully saturated rings. The molecule has 2 amide bonds. The van der Waals surface area contributed by atoms with Gasteiger partial charge in [0.2, 0.25) is 11.8 Å². The minimum atomic E-state index is -1.17. The number of rotatable bonds is 5. The van der Waals surface area contributed by atoms with E-state index in [2.05, 4.69) is 0 Å². The molecule has 0 spiro atoms. The van der Waals surface area contributed by atoms with Crippen LogP contribution in [0.2, 0.25) is 0 Å². The Morgan fingerprint density at radius 3 is 2.06 bits per heavy atom. The lowest BCUT2D eigenvalue weighted by Gasteiger charge is -2.51. The van der Waals surface area contributed by atoms with E-state index < -0.39 is 17.3 Å². The molecule has 7 rings (SSSR count). The highest BCUT2D eigenvalue weighted by Gasteiger charge is 2.68. The minimum absolute atomic E-state index is 0.243. The summed E-state index contributed by atoms with van der Waals surface area (Å²) in [6.07, 6.45) is 1.79. The first-order chi connectivity index (χ1) is 16.1. The van der Waals surface area contributed by atoms with Gasteiger partial charge in [0, 0.05) is 5.92 Å². The van der Waals surface area contributed by atoms with Crippen LogP contribution in [0, 0.1) is 11.8 Å². The maximum absolute atomic E-state index is 13.9. The summed E-state index contributed by atoms with van der Waals surface area (Å²) in [6.45, 7) is 2.63. The third-order valence-electron chi connectivity index (χ3n) is 7.44. The van der Waals surface area contributed by atoms with Gasteiger partial charge in [-0.05, 0) is 52.9 Å². The Bertz CT molecular complexity index is 1250. The van der Waals surface area contributed by atoms with Crippen molar-refractivity contribution in [3.05, 3.63) is 95.1 Å². The second kappa shape index (κ2) is 7.14. The van der Waals surface area contributed by atoms with Gasteiger partial charge in [-0.25, -0.2) is 4.90 Å². The molecule has 0 aromatic heterocycles. The van der Waals surface area contributed by atoms with Crippen molar-refractivity contribution in [3.63, 3.8) is 0 Å². The normalized spacial score (nSPS) is 26.6. The number of carbonyl (C=O) groups is 3. The number of hydrogen-bond acceptors (Lipinski definition) is 4. The van der Waals surface area contributed by atoms with Crippen LogP contribution in [0.1, 0.15) is 41.5 Å². The molecule has 164 valence electrons. The molecule has 3 aromatic carbocycles. The van der Waals surface area contributed by atoms with Crippen molar-refractivity contribution in [1.29, 1.82) is 0 Å². The molecule has 0 saturated carbocycles. The molecule has 1 saturated heterocycles. The van der Waals surface area contributed by atoms with Crippen LogP contribution in [-0.4, -0.2) is 24.7 Å². The van der Waals surface area contributed by atoms with E-state index in [1.54, 1.807) is 24.3 Å². The largest absolute Gasteiger partial charge is 0.494 e. The van der Waals surface area contributed by atoms with E-state index >= 15 is 0 Å². The van der Waals surface area contributed by atoms with Gasteiger partial charge in [0.1, 0.15) is 12.0 Å². The van der Waals surface area contributed by atoms with Crippen molar-refractivity contribution in [2.45, 2.75) is 24.7 Å². The standard InChI is InChI=1S/C28H23NO4/c1-2-15-33-18-13-11-17(12-14-18)29-26(31)24-23-19-7-3-5-9-21(19)28(16-30,25(24)27(29)32)22-10-6-4-8-20(22)23/h3-14,16,23-25H,2,15H2,1H3/t23?,24-,25?,28?/m1/s1. The highest BCUT2D eigenvalue weighted by molar-refractivity contribution is 6.24. The van der Waals surface area contributed by atoms with Gasteiger partial charge in [-0.2, -0.15) is 0 Å².